The molecular weight excluding hydrogens is 185 g/mol. The average molecular weight is 200 g/mol. The minimum Gasteiger partial charge on any atom is -0.393 e. The van der Waals surface area contributed by atoms with E-state index in [0.29, 0.717) is 0 Å². The van der Waals surface area contributed by atoms with Crippen LogP contribution in [0.1, 0.15) is 13.3 Å². The summed E-state index contributed by atoms with van der Waals surface area (Å²) < 4.78 is 35.8. The van der Waals surface area contributed by atoms with Gasteiger partial charge < -0.3 is 5.11 Å². The molecule has 0 saturated heterocycles. The maximum Gasteiger partial charge on any atom is 0.391 e. The van der Waals surface area contributed by atoms with Crippen LogP contribution in [0, 0.1) is 0 Å². The molecule has 0 amide bonds. The number of halogens is 3. The summed E-state index contributed by atoms with van der Waals surface area (Å²) in [6, 6.07) is 0. The molecular formula is C7H15F3OSi. The van der Waals surface area contributed by atoms with Gasteiger partial charge in [-0.1, -0.05) is 19.6 Å². The van der Waals surface area contributed by atoms with Crippen LogP contribution in [-0.4, -0.2) is 24.6 Å². The topological polar surface area (TPSA) is 20.2 Å². The third kappa shape index (κ3) is 3.58. The van der Waals surface area contributed by atoms with Crippen molar-refractivity contribution >= 4 is 8.07 Å². The van der Waals surface area contributed by atoms with Crippen LogP contribution < -0.4 is 0 Å². The SMILES string of the molecule is CC(O)(CC(F)(F)F)[Si](C)(C)C. The third-order valence-electron chi connectivity index (χ3n) is 2.16. The highest BCUT2D eigenvalue weighted by Crippen LogP contribution is 2.33. The van der Waals surface area contributed by atoms with Crippen molar-refractivity contribution in [3.05, 3.63) is 0 Å². The normalized spacial score (nSPS) is 19.0. The Morgan fingerprint density at radius 2 is 1.50 bits per heavy atom. The predicted octanol–water partition coefficient (Wildman–Crippen LogP) is 2.57. The molecule has 0 bridgehead atoms. The van der Waals surface area contributed by atoms with E-state index in [9.17, 15) is 18.3 Å². The summed E-state index contributed by atoms with van der Waals surface area (Å²) in [4.78, 5) is 0. The van der Waals surface area contributed by atoms with E-state index in [1.54, 1.807) is 19.6 Å². The maximum atomic E-state index is 11.9. The van der Waals surface area contributed by atoms with Crippen LogP contribution in [0.5, 0.6) is 0 Å². The molecule has 0 aromatic heterocycles. The van der Waals surface area contributed by atoms with Crippen LogP contribution in [0.3, 0.4) is 0 Å². The lowest BCUT2D eigenvalue weighted by atomic mass is 10.3. The van der Waals surface area contributed by atoms with Gasteiger partial charge in [-0.25, -0.2) is 0 Å². The first-order valence-corrected chi connectivity index (χ1v) is 7.25. The molecule has 0 aromatic rings. The van der Waals surface area contributed by atoms with Crippen LogP contribution in [0.15, 0.2) is 0 Å². The van der Waals surface area contributed by atoms with Crippen LogP contribution in [0.4, 0.5) is 13.2 Å². The largest absolute Gasteiger partial charge is 0.393 e. The summed E-state index contributed by atoms with van der Waals surface area (Å²) in [5.41, 5.74) is 0. The second-order valence-electron chi connectivity index (χ2n) is 4.32. The number of alkyl halides is 3. The number of hydrogen-bond donors (Lipinski definition) is 1. The molecule has 12 heavy (non-hydrogen) atoms. The molecule has 0 spiro atoms. The van der Waals surface area contributed by atoms with E-state index in [1.807, 2.05) is 0 Å². The first-order valence-electron chi connectivity index (χ1n) is 3.75. The Bertz CT molecular complexity index is 157. The second-order valence-corrected chi connectivity index (χ2v) is 9.89. The zero-order valence-electron chi connectivity index (χ0n) is 7.79. The van der Waals surface area contributed by atoms with E-state index in [2.05, 4.69) is 0 Å². The number of rotatable bonds is 2. The predicted molar refractivity (Wildman–Crippen MR) is 44.6 cm³/mol. The van der Waals surface area contributed by atoms with Gasteiger partial charge in [-0.15, -0.1) is 0 Å². The van der Waals surface area contributed by atoms with Crippen molar-refractivity contribution in [2.24, 2.45) is 0 Å². The van der Waals surface area contributed by atoms with Gasteiger partial charge in [0.25, 0.3) is 0 Å². The molecule has 74 valence electrons. The molecule has 0 radical (unpaired) electrons. The highest BCUT2D eigenvalue weighted by Gasteiger charge is 2.45. The van der Waals surface area contributed by atoms with E-state index in [-0.39, 0.29) is 0 Å². The highest BCUT2D eigenvalue weighted by atomic mass is 28.3. The van der Waals surface area contributed by atoms with Gasteiger partial charge in [-0.05, 0) is 6.92 Å². The van der Waals surface area contributed by atoms with Crippen LogP contribution in [0.2, 0.25) is 19.6 Å². The lowest BCUT2D eigenvalue weighted by molar-refractivity contribution is -0.159. The molecule has 1 N–H and O–H groups in total. The molecule has 0 rings (SSSR count). The zero-order valence-corrected chi connectivity index (χ0v) is 8.79. The molecule has 1 nitrogen and oxygen atoms in total. The Morgan fingerprint density at radius 1 is 1.17 bits per heavy atom. The Hall–Kier alpha value is -0.0331. The van der Waals surface area contributed by atoms with Crippen LogP contribution >= 0.6 is 0 Å². The van der Waals surface area contributed by atoms with Gasteiger partial charge in [0.05, 0.1) is 19.7 Å². The second kappa shape index (κ2) is 3.03. The van der Waals surface area contributed by atoms with Gasteiger partial charge in [0.1, 0.15) is 0 Å². The van der Waals surface area contributed by atoms with Crippen LogP contribution in [-0.2, 0) is 0 Å². The highest BCUT2D eigenvalue weighted by molar-refractivity contribution is 6.78. The lowest BCUT2D eigenvalue weighted by Gasteiger charge is -2.35. The van der Waals surface area contributed by atoms with E-state index in [0.717, 1.165) is 0 Å². The fourth-order valence-corrected chi connectivity index (χ4v) is 1.39. The Balaban J connectivity index is 4.44. The standard InChI is InChI=1S/C7H15F3OSi/c1-6(11,12(2,3)4)5-7(8,9)10/h11H,5H2,1-4H3. The van der Waals surface area contributed by atoms with Crippen molar-refractivity contribution in [3.8, 4) is 0 Å². The van der Waals surface area contributed by atoms with Gasteiger partial charge in [0, 0.05) is 0 Å². The van der Waals surface area contributed by atoms with Crippen molar-refractivity contribution in [1.29, 1.82) is 0 Å². The zero-order chi connectivity index (χ0) is 10.2. The Morgan fingerprint density at radius 3 is 1.58 bits per heavy atom. The van der Waals surface area contributed by atoms with Crippen molar-refractivity contribution in [1.82, 2.24) is 0 Å². The first-order chi connectivity index (χ1) is 4.96. The summed E-state index contributed by atoms with van der Waals surface area (Å²) >= 11 is 0. The van der Waals surface area contributed by atoms with Crippen molar-refractivity contribution < 1.29 is 18.3 Å². The third-order valence-corrected chi connectivity index (χ3v) is 5.57. The minimum atomic E-state index is -4.27. The fourth-order valence-electron chi connectivity index (χ4n) is 0.655. The summed E-state index contributed by atoms with van der Waals surface area (Å²) in [7, 11) is -2.16. The van der Waals surface area contributed by atoms with Gasteiger partial charge >= 0.3 is 6.18 Å². The van der Waals surface area contributed by atoms with Gasteiger partial charge in [-0.2, -0.15) is 13.2 Å². The van der Waals surface area contributed by atoms with Crippen molar-refractivity contribution in [3.63, 3.8) is 0 Å². The lowest BCUT2D eigenvalue weighted by Crippen LogP contribution is -2.52. The molecule has 0 aromatic carbocycles. The molecule has 0 fully saturated rings. The summed E-state index contributed by atoms with van der Waals surface area (Å²) in [6.45, 7) is 6.43. The molecule has 0 heterocycles. The van der Waals surface area contributed by atoms with Gasteiger partial charge in [-0.3, -0.25) is 0 Å². The number of hydrogen-bond acceptors (Lipinski definition) is 1. The molecule has 0 aliphatic heterocycles. The van der Waals surface area contributed by atoms with Crippen molar-refractivity contribution in [2.75, 3.05) is 0 Å². The summed E-state index contributed by atoms with van der Waals surface area (Å²) in [5, 5.41) is 7.96. The van der Waals surface area contributed by atoms with Gasteiger partial charge in [0.2, 0.25) is 0 Å². The quantitative estimate of drug-likeness (QED) is 0.679. The minimum absolute atomic E-state index is 1.10. The molecule has 5 heteroatoms. The average Bonchev–Trinajstić information content (AvgIpc) is 1.52. The van der Waals surface area contributed by atoms with Gasteiger partial charge in [0.15, 0.2) is 0 Å². The number of aliphatic hydroxyl groups is 1. The first kappa shape index (κ1) is 12.0. The fraction of sp³-hybridized carbons (Fsp3) is 1.00. The maximum absolute atomic E-state index is 11.9. The monoisotopic (exact) mass is 200 g/mol. The Labute approximate surface area is 71.6 Å². The molecule has 0 saturated carbocycles. The van der Waals surface area contributed by atoms with E-state index in [1.165, 1.54) is 6.92 Å². The van der Waals surface area contributed by atoms with E-state index < -0.39 is 25.9 Å². The van der Waals surface area contributed by atoms with E-state index in [4.69, 9.17) is 0 Å². The molecule has 0 aliphatic rings. The summed E-state index contributed by atoms with van der Waals surface area (Å²) in [5.74, 6) is 0. The molecule has 0 aliphatic carbocycles. The Kier molecular flexibility index (Phi) is 3.02. The van der Waals surface area contributed by atoms with Crippen LogP contribution in [0.25, 0.3) is 0 Å². The molecule has 1 unspecified atom stereocenters. The van der Waals surface area contributed by atoms with Crippen molar-refractivity contribution in [2.45, 2.75) is 44.4 Å². The summed E-state index contributed by atoms with van der Waals surface area (Å²) in [6.07, 6.45) is -5.38. The smallest absolute Gasteiger partial charge is 0.391 e. The van der Waals surface area contributed by atoms with E-state index >= 15 is 0 Å². The molecule has 1 atom stereocenters.